The minimum Gasteiger partial charge on any atom is -0.483 e. The molecule has 188 valence electrons. The molecule has 0 aromatic heterocycles. The average Bonchev–Trinajstić information content (AvgIpc) is 2.87. The van der Waals surface area contributed by atoms with Crippen LogP contribution >= 0.6 is 11.6 Å². The van der Waals surface area contributed by atoms with Crippen LogP contribution in [0.5, 0.6) is 5.75 Å². The van der Waals surface area contributed by atoms with Gasteiger partial charge in [-0.25, -0.2) is 4.39 Å². The van der Waals surface area contributed by atoms with Crippen molar-refractivity contribution in [3.63, 3.8) is 0 Å². The lowest BCUT2D eigenvalue weighted by atomic mass is 10.0. The van der Waals surface area contributed by atoms with E-state index >= 15 is 0 Å². The van der Waals surface area contributed by atoms with E-state index in [1.807, 2.05) is 24.8 Å². The van der Waals surface area contributed by atoms with E-state index in [9.17, 15) is 14.0 Å². The van der Waals surface area contributed by atoms with Crippen LogP contribution in [0.3, 0.4) is 0 Å². The highest BCUT2D eigenvalue weighted by Gasteiger charge is 2.32. The molecule has 3 aromatic carbocycles. The van der Waals surface area contributed by atoms with Crippen molar-refractivity contribution < 1.29 is 18.7 Å². The Hall–Kier alpha value is -3.22. The molecule has 0 spiro atoms. The van der Waals surface area contributed by atoms with Gasteiger partial charge in [-0.2, -0.15) is 0 Å². The Morgan fingerprint density at radius 2 is 1.69 bits per heavy atom. The topological polar surface area (TPSA) is 49.9 Å². The normalized spacial score (nSPS) is 18.2. The zero-order valence-electron chi connectivity index (χ0n) is 20.7. The number of nitrogens with zero attached hydrogens (tertiary/aromatic N) is 2. The highest BCUT2D eigenvalue weighted by Crippen LogP contribution is 2.29. The predicted molar refractivity (Wildman–Crippen MR) is 139 cm³/mol. The van der Waals surface area contributed by atoms with Gasteiger partial charge < -0.3 is 9.64 Å². The van der Waals surface area contributed by atoms with Gasteiger partial charge in [0, 0.05) is 42.3 Å². The molecule has 0 aliphatic carbocycles. The Kier molecular flexibility index (Phi) is 8.07. The molecule has 0 radical (unpaired) electrons. The van der Waals surface area contributed by atoms with Crippen molar-refractivity contribution in [3.8, 4) is 5.75 Å². The molecule has 0 N–H and O–H groups in total. The Labute approximate surface area is 216 Å². The third-order valence-corrected chi connectivity index (χ3v) is 7.03. The van der Waals surface area contributed by atoms with Crippen LogP contribution in [0.25, 0.3) is 0 Å². The van der Waals surface area contributed by atoms with Crippen LogP contribution < -0.4 is 4.74 Å². The number of piperazine rings is 1. The number of amides is 1. The van der Waals surface area contributed by atoms with Gasteiger partial charge >= 0.3 is 0 Å². The van der Waals surface area contributed by atoms with E-state index in [-0.39, 0.29) is 36.2 Å². The molecule has 0 saturated carbocycles. The molecule has 1 saturated heterocycles. The zero-order valence-corrected chi connectivity index (χ0v) is 21.5. The standard InChI is InChI=1S/C29H30ClFN2O3/c1-19-13-27(25(14-26(19)30)29(35)23-7-5-4-6-8-23)36-18-28(34)33-16-20(2)32(15-21(33)3)17-22-9-11-24(31)12-10-22/h4-14,20-21H,15-18H2,1-3H3/t20-,21+/m0/s1. The number of hydrogen-bond donors (Lipinski definition) is 0. The number of carbonyl (C=O) groups excluding carboxylic acids is 2. The molecule has 4 rings (SSSR count). The Morgan fingerprint density at radius 1 is 1.00 bits per heavy atom. The fourth-order valence-corrected chi connectivity index (χ4v) is 4.67. The van der Waals surface area contributed by atoms with Crippen LogP contribution in [0, 0.1) is 12.7 Å². The number of rotatable bonds is 7. The highest BCUT2D eigenvalue weighted by molar-refractivity contribution is 6.32. The lowest BCUT2D eigenvalue weighted by molar-refractivity contribution is -0.139. The summed E-state index contributed by atoms with van der Waals surface area (Å²) in [5.41, 5.74) is 2.65. The minimum absolute atomic E-state index is 0.0184. The van der Waals surface area contributed by atoms with E-state index in [4.69, 9.17) is 16.3 Å². The van der Waals surface area contributed by atoms with Crippen molar-refractivity contribution in [3.05, 3.63) is 99.8 Å². The molecule has 1 amide bonds. The monoisotopic (exact) mass is 508 g/mol. The summed E-state index contributed by atoms with van der Waals surface area (Å²) in [6, 6.07) is 18.8. The van der Waals surface area contributed by atoms with Gasteiger partial charge in [-0.15, -0.1) is 0 Å². The van der Waals surface area contributed by atoms with Crippen LogP contribution in [0.1, 0.15) is 40.9 Å². The molecule has 1 heterocycles. The fourth-order valence-electron chi connectivity index (χ4n) is 4.51. The summed E-state index contributed by atoms with van der Waals surface area (Å²) in [4.78, 5) is 30.4. The maximum atomic E-state index is 13.2. The first-order chi connectivity index (χ1) is 17.2. The predicted octanol–water partition coefficient (Wildman–Crippen LogP) is 5.52. The molecule has 7 heteroatoms. The molecule has 0 bridgehead atoms. The molecule has 0 unspecified atom stereocenters. The Balaban J connectivity index is 1.43. The molecule has 3 aromatic rings. The van der Waals surface area contributed by atoms with Crippen molar-refractivity contribution in [2.45, 2.75) is 39.4 Å². The lowest BCUT2D eigenvalue weighted by Crippen LogP contribution is -2.58. The molecule has 1 aliphatic rings. The second kappa shape index (κ2) is 11.2. The van der Waals surface area contributed by atoms with Gasteiger partial charge in [0.05, 0.1) is 5.56 Å². The van der Waals surface area contributed by atoms with Gasteiger partial charge in [0.1, 0.15) is 11.6 Å². The molecule has 36 heavy (non-hydrogen) atoms. The van der Waals surface area contributed by atoms with Gasteiger partial charge in [-0.05, 0) is 56.2 Å². The third kappa shape index (κ3) is 5.94. The van der Waals surface area contributed by atoms with Crippen molar-refractivity contribution >= 4 is 23.3 Å². The van der Waals surface area contributed by atoms with Crippen molar-refractivity contribution in [2.24, 2.45) is 0 Å². The minimum atomic E-state index is -0.250. The number of benzene rings is 3. The van der Waals surface area contributed by atoms with Crippen LogP contribution in [0.15, 0.2) is 66.7 Å². The van der Waals surface area contributed by atoms with Gasteiger partial charge in [0.2, 0.25) is 0 Å². The molecule has 2 atom stereocenters. The maximum Gasteiger partial charge on any atom is 0.260 e. The number of ether oxygens (including phenoxy) is 1. The van der Waals surface area contributed by atoms with Gasteiger partial charge in [-0.3, -0.25) is 14.5 Å². The second-order valence-corrected chi connectivity index (χ2v) is 9.79. The molecular weight excluding hydrogens is 479 g/mol. The number of halogens is 2. The van der Waals surface area contributed by atoms with E-state index in [2.05, 4.69) is 11.8 Å². The van der Waals surface area contributed by atoms with Crippen LogP contribution in [-0.4, -0.2) is 53.3 Å². The van der Waals surface area contributed by atoms with E-state index in [0.29, 0.717) is 41.5 Å². The van der Waals surface area contributed by atoms with Gasteiger partial charge in [0.15, 0.2) is 12.4 Å². The summed E-state index contributed by atoms with van der Waals surface area (Å²) >= 11 is 6.31. The Morgan fingerprint density at radius 3 is 2.39 bits per heavy atom. The second-order valence-electron chi connectivity index (χ2n) is 9.38. The van der Waals surface area contributed by atoms with E-state index in [1.54, 1.807) is 48.5 Å². The number of ketones is 1. The molecule has 5 nitrogen and oxygen atoms in total. The molecular formula is C29H30ClFN2O3. The number of aryl methyl sites for hydroxylation is 1. The third-order valence-electron chi connectivity index (χ3n) is 6.63. The summed E-state index contributed by atoms with van der Waals surface area (Å²) in [7, 11) is 0. The maximum absolute atomic E-state index is 13.2. The zero-order chi connectivity index (χ0) is 25.8. The van der Waals surface area contributed by atoms with Crippen LogP contribution in [-0.2, 0) is 11.3 Å². The Bertz CT molecular complexity index is 1230. The number of carbonyl (C=O) groups is 2. The first kappa shape index (κ1) is 25.9. The molecule has 1 fully saturated rings. The smallest absolute Gasteiger partial charge is 0.260 e. The van der Waals surface area contributed by atoms with Gasteiger partial charge in [0.25, 0.3) is 5.91 Å². The molecule has 1 aliphatic heterocycles. The van der Waals surface area contributed by atoms with Crippen LogP contribution in [0.4, 0.5) is 4.39 Å². The quantitative estimate of drug-likeness (QED) is 0.394. The van der Waals surface area contributed by atoms with Gasteiger partial charge in [-0.1, -0.05) is 54.1 Å². The van der Waals surface area contributed by atoms with Crippen molar-refractivity contribution in [1.29, 1.82) is 0 Å². The van der Waals surface area contributed by atoms with E-state index in [1.165, 1.54) is 12.1 Å². The largest absolute Gasteiger partial charge is 0.483 e. The summed E-state index contributed by atoms with van der Waals surface area (Å²) in [6.45, 7) is 7.69. The van der Waals surface area contributed by atoms with Crippen molar-refractivity contribution in [1.82, 2.24) is 9.80 Å². The SMILES string of the molecule is Cc1cc(OCC(=O)N2C[C@H](C)N(Cc3ccc(F)cc3)C[C@H]2C)c(C(=O)c2ccccc2)cc1Cl. The summed E-state index contributed by atoms with van der Waals surface area (Å²) < 4.78 is 19.2. The summed E-state index contributed by atoms with van der Waals surface area (Å²) in [5, 5.41) is 0.465. The fraction of sp³-hybridized carbons (Fsp3) is 0.310. The average molecular weight is 509 g/mol. The summed E-state index contributed by atoms with van der Waals surface area (Å²) in [6.07, 6.45) is 0. The highest BCUT2D eigenvalue weighted by atomic mass is 35.5. The number of hydrogen-bond acceptors (Lipinski definition) is 4. The van der Waals surface area contributed by atoms with E-state index in [0.717, 1.165) is 11.1 Å². The van der Waals surface area contributed by atoms with Crippen molar-refractivity contribution in [2.75, 3.05) is 19.7 Å². The first-order valence-corrected chi connectivity index (χ1v) is 12.4. The lowest BCUT2D eigenvalue weighted by Gasteiger charge is -2.44. The van der Waals surface area contributed by atoms with E-state index < -0.39 is 0 Å². The summed E-state index contributed by atoms with van der Waals surface area (Å²) in [5.74, 6) is -0.257. The van der Waals surface area contributed by atoms with Crippen LogP contribution in [0.2, 0.25) is 5.02 Å². The first-order valence-electron chi connectivity index (χ1n) is 12.0.